The number of nitrogens with two attached hydrogens (primary N) is 2. The fourth-order valence-corrected chi connectivity index (χ4v) is 0. The molecule has 5 N–H and O–H groups in total. The normalized spacial score (nSPS) is 7.44. The number of aliphatic carboxylic acids is 1. The molecule has 0 fully saturated rings. The van der Waals surface area contributed by atoms with E-state index in [2.05, 4.69) is 0 Å². The summed E-state index contributed by atoms with van der Waals surface area (Å²) < 4.78 is 0. The Morgan fingerprint density at radius 3 is 1.67 bits per heavy atom. The van der Waals surface area contributed by atoms with Gasteiger partial charge in [-0.25, -0.2) is 0 Å². The van der Waals surface area contributed by atoms with Crippen molar-refractivity contribution in [3.8, 4) is 0 Å². The molecule has 0 bridgehead atoms. The number of carbonyl (C=O) groups is 1. The summed E-state index contributed by atoms with van der Waals surface area (Å²) in [6.45, 7) is 1.19. The number of carboxylic acid groups (broad SMARTS) is 1. The van der Waals surface area contributed by atoms with Crippen LogP contribution in [0.5, 0.6) is 0 Å². The van der Waals surface area contributed by atoms with Gasteiger partial charge >= 0.3 is 5.97 Å². The smallest absolute Gasteiger partial charge is 0.318 e. The second-order valence-electron chi connectivity index (χ2n) is 1.10. The summed E-state index contributed by atoms with van der Waals surface area (Å²) in [6, 6.07) is 0. The molecule has 0 saturated heterocycles. The van der Waals surface area contributed by atoms with Crippen LogP contribution in [-0.2, 0) is 4.79 Å². The molecule has 4 nitrogen and oxygen atoms in total. The first-order valence-electron chi connectivity index (χ1n) is 2.37. The lowest BCUT2D eigenvalue weighted by atomic mass is 10.7. The monoisotopic (exact) mass is 154 g/mol. The Morgan fingerprint density at radius 1 is 1.44 bits per heavy atom. The summed E-state index contributed by atoms with van der Waals surface area (Å²) in [4.78, 5) is 9.24. The minimum atomic E-state index is -0.980. The molecule has 0 amide bonds. The minimum absolute atomic E-state index is 0.306. The van der Waals surface area contributed by atoms with Gasteiger partial charge in [0.15, 0.2) is 0 Å². The lowest BCUT2D eigenvalue weighted by molar-refractivity contribution is -0.134. The second kappa shape index (κ2) is 10.6. The Hall–Kier alpha value is -0.320. The van der Waals surface area contributed by atoms with E-state index in [0.717, 1.165) is 0 Å². The average molecular weight is 155 g/mol. The van der Waals surface area contributed by atoms with Crippen molar-refractivity contribution in [3.05, 3.63) is 0 Å². The van der Waals surface area contributed by atoms with Gasteiger partial charge in [-0.15, -0.1) is 11.6 Å². The summed E-state index contributed by atoms with van der Waals surface area (Å²) in [7, 11) is 0. The van der Waals surface area contributed by atoms with E-state index in [-0.39, 0.29) is 5.88 Å². The molecule has 0 aromatic rings. The molecule has 0 unspecified atom stereocenters. The molecule has 0 heterocycles. The number of rotatable bonds is 2. The Bertz CT molecular complexity index is 67.6. The van der Waals surface area contributed by atoms with E-state index >= 15 is 0 Å². The van der Waals surface area contributed by atoms with Crippen molar-refractivity contribution in [2.75, 3.05) is 19.0 Å². The maximum absolute atomic E-state index is 9.24. The highest BCUT2D eigenvalue weighted by molar-refractivity contribution is 6.26. The van der Waals surface area contributed by atoms with Crippen molar-refractivity contribution in [1.82, 2.24) is 0 Å². The van der Waals surface area contributed by atoms with Gasteiger partial charge in [-0.2, -0.15) is 0 Å². The molecular weight excluding hydrogens is 144 g/mol. The SMILES string of the molecule is NCCN.O=C(O)CCl. The Balaban J connectivity index is 0. The van der Waals surface area contributed by atoms with Gasteiger partial charge in [-0.1, -0.05) is 0 Å². The van der Waals surface area contributed by atoms with E-state index in [4.69, 9.17) is 28.2 Å². The van der Waals surface area contributed by atoms with Gasteiger partial charge in [0, 0.05) is 13.1 Å². The van der Waals surface area contributed by atoms with Crippen LogP contribution in [0.2, 0.25) is 0 Å². The zero-order chi connectivity index (χ0) is 7.70. The van der Waals surface area contributed by atoms with Gasteiger partial charge in [0.05, 0.1) is 0 Å². The van der Waals surface area contributed by atoms with Crippen LogP contribution in [0.1, 0.15) is 0 Å². The standard InChI is InChI=1S/C2H3ClO2.C2H8N2/c3-1-2(4)5;3-1-2-4/h1H2,(H,4,5);1-4H2. The minimum Gasteiger partial charge on any atom is -0.480 e. The Morgan fingerprint density at radius 2 is 1.67 bits per heavy atom. The van der Waals surface area contributed by atoms with Crippen LogP contribution >= 0.6 is 11.6 Å². The molecule has 0 aromatic heterocycles. The fraction of sp³-hybridized carbons (Fsp3) is 0.750. The molecule has 0 rings (SSSR count). The molecular formula is C4H11ClN2O2. The first-order valence-corrected chi connectivity index (χ1v) is 2.90. The highest BCUT2D eigenvalue weighted by Gasteiger charge is 1.83. The van der Waals surface area contributed by atoms with Gasteiger partial charge in [-0.05, 0) is 0 Å². The molecule has 5 heteroatoms. The molecule has 0 radical (unpaired) electrons. The van der Waals surface area contributed by atoms with Gasteiger partial charge in [0.1, 0.15) is 5.88 Å². The third kappa shape index (κ3) is 34.5. The average Bonchev–Trinajstić information content (AvgIpc) is 1.89. The summed E-state index contributed by atoms with van der Waals surface area (Å²) in [5.41, 5.74) is 9.81. The summed E-state index contributed by atoms with van der Waals surface area (Å²) in [5, 5.41) is 7.59. The quantitative estimate of drug-likeness (QED) is 0.455. The van der Waals surface area contributed by atoms with E-state index in [1.54, 1.807) is 0 Å². The van der Waals surface area contributed by atoms with Gasteiger partial charge < -0.3 is 16.6 Å². The van der Waals surface area contributed by atoms with Crippen molar-refractivity contribution in [1.29, 1.82) is 0 Å². The third-order valence-electron chi connectivity index (χ3n) is 0.281. The van der Waals surface area contributed by atoms with Crippen LogP contribution < -0.4 is 11.5 Å². The molecule has 9 heavy (non-hydrogen) atoms. The van der Waals surface area contributed by atoms with Gasteiger partial charge in [-0.3, -0.25) is 4.79 Å². The second-order valence-corrected chi connectivity index (χ2v) is 1.37. The van der Waals surface area contributed by atoms with E-state index in [1.165, 1.54) is 0 Å². The van der Waals surface area contributed by atoms with Crippen LogP contribution in [-0.4, -0.2) is 30.0 Å². The first-order chi connectivity index (χ1) is 4.18. The first kappa shape index (κ1) is 11.5. The molecule has 0 atom stereocenters. The van der Waals surface area contributed by atoms with Crippen LogP contribution in [0.4, 0.5) is 0 Å². The third-order valence-corrected chi connectivity index (χ3v) is 0.510. The number of hydrogen-bond donors (Lipinski definition) is 3. The largest absolute Gasteiger partial charge is 0.480 e. The Labute approximate surface area is 58.8 Å². The van der Waals surface area contributed by atoms with Crippen LogP contribution in [0.25, 0.3) is 0 Å². The number of halogens is 1. The van der Waals surface area contributed by atoms with Crippen LogP contribution in [0.3, 0.4) is 0 Å². The predicted molar refractivity (Wildman–Crippen MR) is 36.5 cm³/mol. The molecule has 0 aliphatic heterocycles. The van der Waals surface area contributed by atoms with Gasteiger partial charge in [0.2, 0.25) is 0 Å². The topological polar surface area (TPSA) is 89.3 Å². The molecule has 0 aliphatic rings. The van der Waals surface area contributed by atoms with Crippen LogP contribution in [0, 0.1) is 0 Å². The van der Waals surface area contributed by atoms with E-state index in [1.807, 2.05) is 0 Å². The summed E-state index contributed by atoms with van der Waals surface area (Å²) in [5.74, 6) is -1.29. The van der Waals surface area contributed by atoms with E-state index < -0.39 is 5.97 Å². The maximum Gasteiger partial charge on any atom is 0.318 e. The maximum atomic E-state index is 9.24. The summed E-state index contributed by atoms with van der Waals surface area (Å²) in [6.07, 6.45) is 0. The molecule has 0 saturated carbocycles. The van der Waals surface area contributed by atoms with Crippen molar-refractivity contribution >= 4 is 17.6 Å². The zero-order valence-electron chi connectivity index (χ0n) is 5.01. The highest BCUT2D eigenvalue weighted by atomic mass is 35.5. The fourth-order valence-electron chi connectivity index (χ4n) is 0. The molecule has 56 valence electrons. The molecule has 0 aliphatic carbocycles. The van der Waals surface area contributed by atoms with E-state index in [0.29, 0.717) is 13.1 Å². The van der Waals surface area contributed by atoms with Crippen molar-refractivity contribution in [3.63, 3.8) is 0 Å². The summed E-state index contributed by atoms with van der Waals surface area (Å²) >= 11 is 4.74. The van der Waals surface area contributed by atoms with Crippen LogP contribution in [0.15, 0.2) is 0 Å². The number of alkyl halides is 1. The van der Waals surface area contributed by atoms with Gasteiger partial charge in [0.25, 0.3) is 0 Å². The lowest BCUT2D eigenvalue weighted by Gasteiger charge is -1.72. The predicted octanol–water partition coefficient (Wildman–Crippen LogP) is -0.786. The van der Waals surface area contributed by atoms with Crippen molar-refractivity contribution in [2.45, 2.75) is 0 Å². The lowest BCUT2D eigenvalue weighted by Crippen LogP contribution is -2.11. The number of hydrogen-bond acceptors (Lipinski definition) is 3. The number of carboxylic acids is 1. The van der Waals surface area contributed by atoms with Crippen molar-refractivity contribution < 1.29 is 9.90 Å². The van der Waals surface area contributed by atoms with Crippen molar-refractivity contribution in [2.24, 2.45) is 11.5 Å². The highest BCUT2D eigenvalue weighted by Crippen LogP contribution is 1.67. The Kier molecular flexibility index (Phi) is 13.5. The molecule has 0 aromatic carbocycles. The van der Waals surface area contributed by atoms with E-state index in [9.17, 15) is 4.79 Å². The molecule has 0 spiro atoms. The zero-order valence-corrected chi connectivity index (χ0v) is 5.77.